The van der Waals surface area contributed by atoms with Gasteiger partial charge < -0.3 is 0 Å². The van der Waals surface area contributed by atoms with E-state index in [2.05, 4.69) is 0 Å². The largest absolute Gasteiger partial charge is 0.390 e. The predicted molar refractivity (Wildman–Crippen MR) is 71.2 cm³/mol. The fraction of sp³-hybridized carbons (Fsp3) is 0.700. The van der Waals surface area contributed by atoms with E-state index in [4.69, 9.17) is 0 Å². The van der Waals surface area contributed by atoms with Crippen LogP contribution in [0.4, 0.5) is 7.77 Å². The SMILES string of the molecule is CCn1c(C)c[n+](CC)c1CCN(S(=O)(=O)F)S(=O)(=O)F. The Balaban J connectivity index is 3.12. The first kappa shape index (κ1) is 18.0. The van der Waals surface area contributed by atoms with Crippen LogP contribution in [-0.2, 0) is 40.3 Å². The molecule has 1 aromatic heterocycles. The van der Waals surface area contributed by atoms with Crippen LogP contribution >= 0.6 is 0 Å². The Kier molecular flexibility index (Phi) is 5.45. The van der Waals surface area contributed by atoms with E-state index in [1.54, 1.807) is 10.8 Å². The van der Waals surface area contributed by atoms with E-state index in [0.29, 0.717) is 18.9 Å². The van der Waals surface area contributed by atoms with E-state index in [1.807, 2.05) is 25.3 Å². The minimum absolute atomic E-state index is 0.137. The molecule has 0 fully saturated rings. The van der Waals surface area contributed by atoms with Gasteiger partial charge in [0.05, 0.1) is 19.5 Å². The van der Waals surface area contributed by atoms with Crippen LogP contribution in [0.15, 0.2) is 6.20 Å². The summed E-state index contributed by atoms with van der Waals surface area (Å²) in [5.41, 5.74) is 0.882. The van der Waals surface area contributed by atoms with Gasteiger partial charge in [-0.05, 0) is 17.6 Å². The Morgan fingerprint density at radius 1 is 1.19 bits per heavy atom. The van der Waals surface area contributed by atoms with Crippen LogP contribution in [0.1, 0.15) is 25.4 Å². The summed E-state index contributed by atoms with van der Waals surface area (Å²) in [6, 6.07) is 0. The van der Waals surface area contributed by atoms with Gasteiger partial charge in [0.1, 0.15) is 11.9 Å². The van der Waals surface area contributed by atoms with Crippen molar-refractivity contribution in [2.45, 2.75) is 40.3 Å². The van der Waals surface area contributed by atoms with E-state index < -0.39 is 31.1 Å². The second-order valence-corrected chi connectivity index (χ2v) is 7.11. The molecule has 0 saturated carbocycles. The molecule has 0 radical (unpaired) electrons. The molecule has 0 unspecified atom stereocenters. The lowest BCUT2D eigenvalue weighted by Crippen LogP contribution is -2.40. The van der Waals surface area contributed by atoms with Gasteiger partial charge in [0.25, 0.3) is 5.82 Å². The number of aryl methyl sites for hydroxylation is 2. The van der Waals surface area contributed by atoms with Gasteiger partial charge in [0.2, 0.25) is 0 Å². The summed E-state index contributed by atoms with van der Waals surface area (Å²) in [6.45, 7) is 5.83. The molecule has 1 heterocycles. The quantitative estimate of drug-likeness (QED) is 0.529. The zero-order valence-corrected chi connectivity index (χ0v) is 13.6. The van der Waals surface area contributed by atoms with Crippen molar-refractivity contribution in [3.05, 3.63) is 17.7 Å². The van der Waals surface area contributed by atoms with Crippen molar-refractivity contribution in [1.29, 1.82) is 0 Å². The summed E-state index contributed by atoms with van der Waals surface area (Å²) < 4.78 is 71.5. The fourth-order valence-corrected chi connectivity index (χ4v) is 3.70. The number of hydrogen-bond acceptors (Lipinski definition) is 4. The number of rotatable bonds is 7. The lowest BCUT2D eigenvalue weighted by Gasteiger charge is -2.11. The summed E-state index contributed by atoms with van der Waals surface area (Å²) >= 11 is 0. The summed E-state index contributed by atoms with van der Waals surface area (Å²) in [5.74, 6) is 0.592. The van der Waals surface area contributed by atoms with Crippen molar-refractivity contribution < 1.29 is 29.2 Å². The van der Waals surface area contributed by atoms with Crippen molar-refractivity contribution in [3.8, 4) is 0 Å². The first-order valence-corrected chi connectivity index (χ1v) is 8.96. The molecule has 11 heteroatoms. The van der Waals surface area contributed by atoms with Crippen molar-refractivity contribution >= 4 is 20.8 Å². The zero-order chi connectivity index (χ0) is 16.4. The predicted octanol–water partition coefficient (Wildman–Crippen LogP) is 0.397. The molecule has 0 aliphatic heterocycles. The molecule has 0 aliphatic carbocycles. The standard InChI is InChI=1S/C10H18F2N3O4S2/c1-4-13-8-9(3)14(5-2)10(13)6-7-15(20(11,16)17)21(12,18)19/h8H,4-7H2,1-3H3/q+1. The average molecular weight is 346 g/mol. The molecule has 1 rings (SSSR count). The number of halogens is 2. The van der Waals surface area contributed by atoms with Crippen LogP contribution in [0.3, 0.4) is 0 Å². The summed E-state index contributed by atoms with van der Waals surface area (Å²) in [4.78, 5) is 0. The van der Waals surface area contributed by atoms with E-state index >= 15 is 0 Å². The molecular weight excluding hydrogens is 328 g/mol. The van der Waals surface area contributed by atoms with Crippen molar-refractivity contribution in [2.75, 3.05) is 6.54 Å². The number of aromatic nitrogens is 2. The van der Waals surface area contributed by atoms with Gasteiger partial charge >= 0.3 is 20.8 Å². The summed E-state index contributed by atoms with van der Waals surface area (Å²) in [5, 5.41) is 0. The van der Waals surface area contributed by atoms with E-state index in [1.165, 1.54) is 0 Å². The minimum Gasteiger partial charge on any atom is -0.234 e. The Hall–Kier alpha value is -1.07. The third-order valence-electron chi connectivity index (χ3n) is 3.07. The molecule has 1 aromatic rings. The van der Waals surface area contributed by atoms with Crippen LogP contribution in [0.25, 0.3) is 0 Å². The normalized spacial score (nSPS) is 13.0. The van der Waals surface area contributed by atoms with Crippen molar-refractivity contribution in [3.63, 3.8) is 0 Å². The van der Waals surface area contributed by atoms with Crippen molar-refractivity contribution in [1.82, 2.24) is 8.28 Å². The zero-order valence-electron chi connectivity index (χ0n) is 12.0. The van der Waals surface area contributed by atoms with Crippen LogP contribution in [0.5, 0.6) is 0 Å². The Morgan fingerprint density at radius 2 is 1.71 bits per heavy atom. The monoisotopic (exact) mass is 346 g/mol. The Morgan fingerprint density at radius 3 is 2.10 bits per heavy atom. The highest BCUT2D eigenvalue weighted by molar-refractivity contribution is 7.99. The molecule has 122 valence electrons. The second kappa shape index (κ2) is 6.36. The highest BCUT2D eigenvalue weighted by Gasteiger charge is 2.35. The molecular formula is C10H18F2N3O4S2+. The number of nitrogens with zero attached hydrogens (tertiary/aromatic N) is 3. The lowest BCUT2D eigenvalue weighted by molar-refractivity contribution is -0.700. The number of hydrogen-bond donors (Lipinski definition) is 0. The maximum absolute atomic E-state index is 12.9. The van der Waals surface area contributed by atoms with Gasteiger partial charge in [-0.3, -0.25) is 0 Å². The molecule has 21 heavy (non-hydrogen) atoms. The number of imidazole rings is 1. The van der Waals surface area contributed by atoms with E-state index in [9.17, 15) is 24.6 Å². The Labute approximate surface area is 123 Å². The molecule has 0 N–H and O–H groups in total. The van der Waals surface area contributed by atoms with Gasteiger partial charge in [0, 0.05) is 13.5 Å². The first-order chi connectivity index (χ1) is 9.52. The average Bonchev–Trinajstić information content (AvgIpc) is 2.61. The van der Waals surface area contributed by atoms with Crippen LogP contribution < -0.4 is 4.57 Å². The van der Waals surface area contributed by atoms with E-state index in [0.717, 1.165) is 5.69 Å². The highest BCUT2D eigenvalue weighted by Crippen LogP contribution is 2.13. The molecule has 0 saturated heterocycles. The van der Waals surface area contributed by atoms with Gasteiger partial charge in [-0.1, -0.05) is 7.77 Å². The fourth-order valence-electron chi connectivity index (χ4n) is 2.23. The van der Waals surface area contributed by atoms with Crippen molar-refractivity contribution in [2.24, 2.45) is 0 Å². The summed E-state index contributed by atoms with van der Waals surface area (Å²) in [6.07, 6.45) is 1.67. The van der Waals surface area contributed by atoms with Crippen LogP contribution in [0, 0.1) is 6.92 Å². The van der Waals surface area contributed by atoms with Crippen LogP contribution in [0.2, 0.25) is 0 Å². The summed E-state index contributed by atoms with van der Waals surface area (Å²) in [7, 11) is -11.3. The molecule has 0 atom stereocenters. The van der Waals surface area contributed by atoms with Gasteiger partial charge in [-0.25, -0.2) is 9.13 Å². The third-order valence-corrected chi connectivity index (χ3v) is 5.48. The lowest BCUT2D eigenvalue weighted by atomic mass is 10.4. The first-order valence-electron chi connectivity index (χ1n) is 6.27. The third kappa shape index (κ3) is 4.20. The maximum Gasteiger partial charge on any atom is 0.390 e. The molecule has 0 bridgehead atoms. The highest BCUT2D eigenvalue weighted by atomic mass is 32.3. The molecule has 0 amide bonds. The molecule has 0 aliphatic rings. The minimum atomic E-state index is -5.67. The van der Waals surface area contributed by atoms with E-state index in [-0.39, 0.29) is 6.42 Å². The molecule has 0 aromatic carbocycles. The topological polar surface area (TPSA) is 80.3 Å². The van der Waals surface area contributed by atoms with Gasteiger partial charge in [-0.2, -0.15) is 16.8 Å². The Bertz CT molecular complexity index is 681. The maximum atomic E-state index is 12.9. The second-order valence-electron chi connectivity index (χ2n) is 4.35. The van der Waals surface area contributed by atoms with Gasteiger partial charge in [0.15, 0.2) is 0 Å². The smallest absolute Gasteiger partial charge is 0.234 e. The van der Waals surface area contributed by atoms with Gasteiger partial charge in [-0.15, -0.1) is 0 Å². The molecule has 7 nitrogen and oxygen atoms in total. The van der Waals surface area contributed by atoms with Crippen LogP contribution in [-0.4, -0.2) is 31.7 Å². The molecule has 0 spiro atoms.